The number of halogens is 4. The number of hydrogen-bond acceptors (Lipinski definition) is 0. The lowest BCUT2D eigenvalue weighted by Gasteiger charge is -2.09. The van der Waals surface area contributed by atoms with Crippen LogP contribution in [-0.4, -0.2) is 0 Å². The standard InChI is InChI=1S/C24H16F4/c1-2-14-3-4-16-10-17(6-5-15(16)9-14)18-7-8-20(21(25)11-18)19-12-22(26)24(28)23(27)13-19/h3-13H,2H2,1H3. The molecule has 0 fully saturated rings. The first-order valence-electron chi connectivity index (χ1n) is 8.94. The molecule has 140 valence electrons. The molecule has 0 N–H and O–H groups in total. The van der Waals surface area contributed by atoms with Crippen LogP contribution in [0.5, 0.6) is 0 Å². The molecular weight excluding hydrogens is 364 g/mol. The van der Waals surface area contributed by atoms with E-state index in [1.807, 2.05) is 24.3 Å². The molecule has 28 heavy (non-hydrogen) atoms. The molecule has 0 aliphatic rings. The van der Waals surface area contributed by atoms with Crippen molar-refractivity contribution in [2.45, 2.75) is 13.3 Å². The third kappa shape index (κ3) is 3.26. The van der Waals surface area contributed by atoms with Crippen molar-refractivity contribution < 1.29 is 17.6 Å². The minimum absolute atomic E-state index is 0.00919. The highest BCUT2D eigenvalue weighted by Gasteiger charge is 2.14. The fraction of sp³-hybridized carbons (Fsp3) is 0.0833. The third-order valence-electron chi connectivity index (χ3n) is 4.91. The summed E-state index contributed by atoms with van der Waals surface area (Å²) in [7, 11) is 0. The topological polar surface area (TPSA) is 0 Å². The lowest BCUT2D eigenvalue weighted by Crippen LogP contribution is -1.94. The Morgan fingerprint density at radius 2 is 1.14 bits per heavy atom. The minimum Gasteiger partial charge on any atom is -0.206 e. The van der Waals surface area contributed by atoms with Gasteiger partial charge in [0.15, 0.2) is 17.5 Å². The van der Waals surface area contributed by atoms with E-state index in [1.54, 1.807) is 6.07 Å². The summed E-state index contributed by atoms with van der Waals surface area (Å²) in [6, 6.07) is 18.1. The molecule has 4 aromatic carbocycles. The smallest absolute Gasteiger partial charge is 0.194 e. The van der Waals surface area contributed by atoms with Gasteiger partial charge in [-0.3, -0.25) is 0 Å². The summed E-state index contributed by atoms with van der Waals surface area (Å²) < 4.78 is 54.7. The molecule has 0 nitrogen and oxygen atoms in total. The summed E-state index contributed by atoms with van der Waals surface area (Å²) in [6.45, 7) is 2.10. The SMILES string of the molecule is CCc1ccc2cc(-c3ccc(-c4cc(F)c(F)c(F)c4)c(F)c3)ccc2c1. The van der Waals surface area contributed by atoms with Gasteiger partial charge in [-0.1, -0.05) is 49.4 Å². The molecule has 0 atom stereocenters. The molecule has 0 bridgehead atoms. The van der Waals surface area contributed by atoms with E-state index in [2.05, 4.69) is 19.1 Å². The molecule has 0 aromatic heterocycles. The van der Waals surface area contributed by atoms with Gasteiger partial charge in [-0.2, -0.15) is 0 Å². The highest BCUT2D eigenvalue weighted by molar-refractivity contribution is 5.88. The summed E-state index contributed by atoms with van der Waals surface area (Å²) in [6.07, 6.45) is 0.953. The van der Waals surface area contributed by atoms with Crippen molar-refractivity contribution in [2.24, 2.45) is 0 Å². The van der Waals surface area contributed by atoms with E-state index in [4.69, 9.17) is 0 Å². The van der Waals surface area contributed by atoms with Gasteiger partial charge in [-0.15, -0.1) is 0 Å². The molecule has 0 radical (unpaired) electrons. The van der Waals surface area contributed by atoms with E-state index in [9.17, 15) is 17.6 Å². The van der Waals surface area contributed by atoms with E-state index in [1.165, 1.54) is 17.7 Å². The van der Waals surface area contributed by atoms with Crippen LogP contribution in [0, 0.1) is 23.3 Å². The second-order valence-corrected chi connectivity index (χ2v) is 6.70. The summed E-state index contributed by atoms with van der Waals surface area (Å²) >= 11 is 0. The Morgan fingerprint density at radius 3 is 1.82 bits per heavy atom. The van der Waals surface area contributed by atoms with Crippen LogP contribution in [0.15, 0.2) is 66.7 Å². The largest absolute Gasteiger partial charge is 0.206 e. The van der Waals surface area contributed by atoms with Crippen molar-refractivity contribution in [3.05, 3.63) is 95.6 Å². The van der Waals surface area contributed by atoms with Crippen LogP contribution in [0.1, 0.15) is 12.5 Å². The number of fused-ring (bicyclic) bond motifs is 1. The minimum atomic E-state index is -1.57. The Hall–Kier alpha value is -3.14. The Kier molecular flexibility index (Phi) is 4.63. The molecule has 0 amide bonds. The molecule has 0 saturated heterocycles. The van der Waals surface area contributed by atoms with Crippen molar-refractivity contribution in [3.8, 4) is 22.3 Å². The fourth-order valence-corrected chi connectivity index (χ4v) is 3.33. The predicted molar refractivity (Wildman–Crippen MR) is 104 cm³/mol. The molecule has 0 heterocycles. The zero-order chi connectivity index (χ0) is 19.8. The van der Waals surface area contributed by atoms with Gasteiger partial charge in [-0.05, 0) is 63.7 Å². The molecule has 0 saturated carbocycles. The van der Waals surface area contributed by atoms with Gasteiger partial charge in [0.1, 0.15) is 5.82 Å². The zero-order valence-electron chi connectivity index (χ0n) is 15.1. The molecule has 4 rings (SSSR count). The fourth-order valence-electron chi connectivity index (χ4n) is 3.33. The van der Waals surface area contributed by atoms with E-state index < -0.39 is 23.3 Å². The Balaban J connectivity index is 1.74. The monoisotopic (exact) mass is 380 g/mol. The average Bonchev–Trinajstić information content (AvgIpc) is 2.70. The van der Waals surface area contributed by atoms with Crippen LogP contribution >= 0.6 is 0 Å². The van der Waals surface area contributed by atoms with Crippen LogP contribution in [0.3, 0.4) is 0 Å². The van der Waals surface area contributed by atoms with Crippen LogP contribution in [0.25, 0.3) is 33.0 Å². The lowest BCUT2D eigenvalue weighted by molar-refractivity contribution is 0.447. The maximum absolute atomic E-state index is 14.7. The molecule has 0 unspecified atom stereocenters. The Bertz CT molecular complexity index is 1170. The quantitative estimate of drug-likeness (QED) is 0.258. The highest BCUT2D eigenvalue weighted by atomic mass is 19.2. The van der Waals surface area contributed by atoms with Gasteiger partial charge in [-0.25, -0.2) is 17.6 Å². The van der Waals surface area contributed by atoms with Gasteiger partial charge in [0.05, 0.1) is 0 Å². The molecule has 4 aromatic rings. The molecular formula is C24H16F4. The zero-order valence-corrected chi connectivity index (χ0v) is 15.1. The van der Waals surface area contributed by atoms with Gasteiger partial charge >= 0.3 is 0 Å². The van der Waals surface area contributed by atoms with Crippen LogP contribution < -0.4 is 0 Å². The van der Waals surface area contributed by atoms with Crippen molar-refractivity contribution >= 4 is 10.8 Å². The molecule has 4 heteroatoms. The summed E-state index contributed by atoms with van der Waals surface area (Å²) in [5.41, 5.74) is 2.68. The maximum Gasteiger partial charge on any atom is 0.194 e. The molecule has 0 spiro atoms. The summed E-state index contributed by atoms with van der Waals surface area (Å²) in [5, 5.41) is 2.15. The van der Waals surface area contributed by atoms with Gasteiger partial charge in [0, 0.05) is 5.56 Å². The summed E-state index contributed by atoms with van der Waals surface area (Å²) in [5.74, 6) is -4.90. The second kappa shape index (κ2) is 7.12. The lowest BCUT2D eigenvalue weighted by atomic mass is 9.97. The number of hydrogen-bond donors (Lipinski definition) is 0. The maximum atomic E-state index is 14.7. The first kappa shape index (κ1) is 18.2. The van der Waals surface area contributed by atoms with Gasteiger partial charge in [0.25, 0.3) is 0 Å². The van der Waals surface area contributed by atoms with E-state index in [-0.39, 0.29) is 11.1 Å². The Labute approximate surface area is 160 Å². The van der Waals surface area contributed by atoms with E-state index >= 15 is 0 Å². The number of benzene rings is 4. The molecule has 0 aliphatic heterocycles. The normalized spacial score (nSPS) is 11.2. The van der Waals surface area contributed by atoms with Crippen molar-refractivity contribution in [1.29, 1.82) is 0 Å². The second-order valence-electron chi connectivity index (χ2n) is 6.70. The Morgan fingerprint density at radius 1 is 0.571 bits per heavy atom. The molecule has 0 aliphatic carbocycles. The van der Waals surface area contributed by atoms with E-state index in [0.717, 1.165) is 34.9 Å². The predicted octanol–water partition coefficient (Wildman–Crippen LogP) is 7.29. The van der Waals surface area contributed by atoms with Crippen molar-refractivity contribution in [3.63, 3.8) is 0 Å². The first-order valence-corrected chi connectivity index (χ1v) is 8.94. The third-order valence-corrected chi connectivity index (χ3v) is 4.91. The van der Waals surface area contributed by atoms with E-state index in [0.29, 0.717) is 5.56 Å². The van der Waals surface area contributed by atoms with Crippen LogP contribution in [0.2, 0.25) is 0 Å². The van der Waals surface area contributed by atoms with Crippen LogP contribution in [0.4, 0.5) is 17.6 Å². The number of rotatable bonds is 3. The summed E-state index contributed by atoms with van der Waals surface area (Å²) in [4.78, 5) is 0. The van der Waals surface area contributed by atoms with Gasteiger partial charge in [0.2, 0.25) is 0 Å². The number of aryl methyl sites for hydroxylation is 1. The average molecular weight is 380 g/mol. The first-order chi connectivity index (χ1) is 13.5. The van der Waals surface area contributed by atoms with Gasteiger partial charge < -0.3 is 0 Å². The highest BCUT2D eigenvalue weighted by Crippen LogP contribution is 2.31. The van der Waals surface area contributed by atoms with Crippen molar-refractivity contribution in [2.75, 3.05) is 0 Å². The van der Waals surface area contributed by atoms with Crippen molar-refractivity contribution in [1.82, 2.24) is 0 Å². The van der Waals surface area contributed by atoms with Crippen LogP contribution in [-0.2, 0) is 6.42 Å².